The molecule has 1 amide bonds. The minimum absolute atomic E-state index is 0.00256. The summed E-state index contributed by atoms with van der Waals surface area (Å²) in [5, 5.41) is 16.4. The van der Waals surface area contributed by atoms with Gasteiger partial charge in [0.15, 0.2) is 0 Å². The second-order valence-corrected chi connectivity index (χ2v) is 6.39. The molecule has 0 spiro atoms. The SMILES string of the molecule is CCNC(=O)C(C)NCC1(O)CCC(C)(C)CC1. The van der Waals surface area contributed by atoms with Gasteiger partial charge in [0, 0.05) is 13.1 Å². The molecule has 0 bridgehead atoms. The van der Waals surface area contributed by atoms with Gasteiger partial charge < -0.3 is 15.7 Å². The number of amides is 1. The van der Waals surface area contributed by atoms with Crippen molar-refractivity contribution in [2.75, 3.05) is 13.1 Å². The third kappa shape index (κ3) is 4.58. The van der Waals surface area contributed by atoms with Crippen LogP contribution in [0.15, 0.2) is 0 Å². The molecule has 106 valence electrons. The topological polar surface area (TPSA) is 61.4 Å². The van der Waals surface area contributed by atoms with E-state index in [4.69, 9.17) is 0 Å². The molecule has 3 N–H and O–H groups in total. The lowest BCUT2D eigenvalue weighted by atomic mass is 9.71. The summed E-state index contributed by atoms with van der Waals surface area (Å²) in [6.45, 7) is 9.38. The van der Waals surface area contributed by atoms with Crippen LogP contribution in [0.5, 0.6) is 0 Å². The van der Waals surface area contributed by atoms with Crippen molar-refractivity contribution in [3.05, 3.63) is 0 Å². The standard InChI is InChI=1S/C14H28N2O2/c1-5-15-12(17)11(2)16-10-14(18)8-6-13(3,4)7-9-14/h11,16,18H,5-10H2,1-4H3,(H,15,17). The lowest BCUT2D eigenvalue weighted by Crippen LogP contribution is -2.50. The quantitative estimate of drug-likeness (QED) is 0.697. The normalized spacial score (nSPS) is 23.4. The number of likely N-dealkylation sites (N-methyl/N-ethyl adjacent to an activating group) is 1. The molecular formula is C14H28N2O2. The smallest absolute Gasteiger partial charge is 0.236 e. The van der Waals surface area contributed by atoms with Crippen LogP contribution < -0.4 is 10.6 Å². The van der Waals surface area contributed by atoms with Gasteiger partial charge in [-0.25, -0.2) is 0 Å². The highest BCUT2D eigenvalue weighted by molar-refractivity contribution is 5.81. The Labute approximate surface area is 111 Å². The molecule has 1 atom stereocenters. The van der Waals surface area contributed by atoms with E-state index in [2.05, 4.69) is 24.5 Å². The van der Waals surface area contributed by atoms with E-state index in [9.17, 15) is 9.90 Å². The maximum absolute atomic E-state index is 11.6. The highest BCUT2D eigenvalue weighted by Gasteiger charge is 2.36. The van der Waals surface area contributed by atoms with Crippen LogP contribution >= 0.6 is 0 Å². The van der Waals surface area contributed by atoms with E-state index in [1.807, 2.05) is 13.8 Å². The van der Waals surface area contributed by atoms with Gasteiger partial charge in [-0.05, 0) is 44.9 Å². The maximum atomic E-state index is 11.6. The summed E-state index contributed by atoms with van der Waals surface area (Å²) in [6, 6.07) is -0.246. The second kappa shape index (κ2) is 6.02. The summed E-state index contributed by atoms with van der Waals surface area (Å²) in [6.07, 6.45) is 3.71. The first-order valence-electron chi connectivity index (χ1n) is 7.01. The van der Waals surface area contributed by atoms with Gasteiger partial charge in [-0.3, -0.25) is 4.79 Å². The molecule has 0 aromatic heterocycles. The zero-order valence-electron chi connectivity index (χ0n) is 12.2. The van der Waals surface area contributed by atoms with Gasteiger partial charge in [0.1, 0.15) is 0 Å². The Hall–Kier alpha value is -0.610. The Morgan fingerprint density at radius 2 is 1.83 bits per heavy atom. The molecule has 4 heteroatoms. The minimum atomic E-state index is -0.643. The molecule has 1 aliphatic carbocycles. The molecule has 1 saturated carbocycles. The van der Waals surface area contributed by atoms with Crippen LogP contribution in [-0.4, -0.2) is 35.7 Å². The molecule has 1 rings (SSSR count). The largest absolute Gasteiger partial charge is 0.389 e. The van der Waals surface area contributed by atoms with Crippen molar-refractivity contribution in [3.63, 3.8) is 0 Å². The molecule has 1 aliphatic rings. The summed E-state index contributed by atoms with van der Waals surface area (Å²) >= 11 is 0. The lowest BCUT2D eigenvalue weighted by Gasteiger charge is -2.40. The Balaban J connectivity index is 2.37. The maximum Gasteiger partial charge on any atom is 0.236 e. The second-order valence-electron chi connectivity index (χ2n) is 6.39. The van der Waals surface area contributed by atoms with Crippen molar-refractivity contribution in [1.82, 2.24) is 10.6 Å². The highest BCUT2D eigenvalue weighted by Crippen LogP contribution is 2.39. The first-order chi connectivity index (χ1) is 8.28. The first-order valence-corrected chi connectivity index (χ1v) is 7.01. The lowest BCUT2D eigenvalue weighted by molar-refractivity contribution is -0.123. The Bertz CT molecular complexity index is 280. The molecule has 0 radical (unpaired) electrons. The van der Waals surface area contributed by atoms with Crippen LogP contribution in [0.1, 0.15) is 53.4 Å². The van der Waals surface area contributed by atoms with E-state index in [-0.39, 0.29) is 11.9 Å². The van der Waals surface area contributed by atoms with E-state index < -0.39 is 5.60 Å². The van der Waals surface area contributed by atoms with Crippen LogP contribution in [-0.2, 0) is 4.79 Å². The number of hydrogen-bond acceptors (Lipinski definition) is 3. The predicted octanol–water partition coefficient (Wildman–Crippen LogP) is 1.43. The van der Waals surface area contributed by atoms with E-state index in [0.29, 0.717) is 18.5 Å². The predicted molar refractivity (Wildman–Crippen MR) is 73.3 cm³/mol. The fourth-order valence-corrected chi connectivity index (χ4v) is 2.33. The number of rotatable bonds is 5. The van der Waals surface area contributed by atoms with E-state index in [1.165, 1.54) is 0 Å². The fraction of sp³-hybridized carbons (Fsp3) is 0.929. The zero-order valence-corrected chi connectivity index (χ0v) is 12.2. The van der Waals surface area contributed by atoms with Crippen LogP contribution in [0.3, 0.4) is 0 Å². The number of carbonyl (C=O) groups excluding carboxylic acids is 1. The van der Waals surface area contributed by atoms with Gasteiger partial charge in [-0.15, -0.1) is 0 Å². The van der Waals surface area contributed by atoms with Crippen LogP contribution in [0, 0.1) is 5.41 Å². The monoisotopic (exact) mass is 256 g/mol. The highest BCUT2D eigenvalue weighted by atomic mass is 16.3. The van der Waals surface area contributed by atoms with Gasteiger partial charge in [-0.2, -0.15) is 0 Å². The molecule has 18 heavy (non-hydrogen) atoms. The molecule has 0 saturated heterocycles. The van der Waals surface area contributed by atoms with Crippen LogP contribution in [0.25, 0.3) is 0 Å². The van der Waals surface area contributed by atoms with E-state index in [0.717, 1.165) is 25.7 Å². The summed E-state index contributed by atoms with van der Waals surface area (Å²) in [5.41, 5.74) is -0.298. The average Bonchev–Trinajstić information content (AvgIpc) is 2.31. The fourth-order valence-electron chi connectivity index (χ4n) is 2.33. The number of hydrogen-bond donors (Lipinski definition) is 3. The molecule has 0 aromatic carbocycles. The van der Waals surface area contributed by atoms with E-state index in [1.54, 1.807) is 0 Å². The molecule has 4 nitrogen and oxygen atoms in total. The van der Waals surface area contributed by atoms with Crippen molar-refractivity contribution in [3.8, 4) is 0 Å². The number of aliphatic hydroxyl groups is 1. The van der Waals surface area contributed by atoms with Crippen molar-refractivity contribution in [2.24, 2.45) is 5.41 Å². The van der Waals surface area contributed by atoms with Gasteiger partial charge >= 0.3 is 0 Å². The first kappa shape index (κ1) is 15.4. The van der Waals surface area contributed by atoms with Gasteiger partial charge in [0.05, 0.1) is 11.6 Å². The van der Waals surface area contributed by atoms with Crippen LogP contribution in [0.2, 0.25) is 0 Å². The Morgan fingerprint density at radius 1 is 1.28 bits per heavy atom. The summed E-state index contributed by atoms with van der Waals surface area (Å²) < 4.78 is 0. The van der Waals surface area contributed by atoms with Crippen molar-refractivity contribution < 1.29 is 9.90 Å². The number of carbonyl (C=O) groups is 1. The minimum Gasteiger partial charge on any atom is -0.389 e. The molecule has 1 fully saturated rings. The van der Waals surface area contributed by atoms with E-state index >= 15 is 0 Å². The Morgan fingerprint density at radius 3 is 2.33 bits per heavy atom. The van der Waals surface area contributed by atoms with Gasteiger partial charge in [0.25, 0.3) is 0 Å². The third-order valence-electron chi connectivity index (χ3n) is 4.02. The van der Waals surface area contributed by atoms with Crippen molar-refractivity contribution in [1.29, 1.82) is 0 Å². The summed E-state index contributed by atoms with van der Waals surface area (Å²) in [5.74, 6) is -0.00256. The Kier molecular flexibility index (Phi) is 5.17. The molecule has 1 unspecified atom stereocenters. The van der Waals surface area contributed by atoms with Gasteiger partial charge in [-0.1, -0.05) is 13.8 Å². The van der Waals surface area contributed by atoms with Crippen molar-refractivity contribution >= 4 is 5.91 Å². The van der Waals surface area contributed by atoms with Crippen LogP contribution in [0.4, 0.5) is 0 Å². The summed E-state index contributed by atoms with van der Waals surface area (Å²) in [4.78, 5) is 11.6. The molecular weight excluding hydrogens is 228 g/mol. The molecule has 0 aliphatic heterocycles. The average molecular weight is 256 g/mol. The third-order valence-corrected chi connectivity index (χ3v) is 4.02. The summed E-state index contributed by atoms with van der Waals surface area (Å²) in [7, 11) is 0. The molecule has 0 heterocycles. The number of nitrogens with one attached hydrogen (secondary N) is 2. The zero-order chi connectivity index (χ0) is 13.8. The van der Waals surface area contributed by atoms with Gasteiger partial charge in [0.2, 0.25) is 5.91 Å². The van der Waals surface area contributed by atoms with Crippen molar-refractivity contribution in [2.45, 2.75) is 65.0 Å². The molecule has 0 aromatic rings.